The van der Waals surface area contributed by atoms with Crippen molar-refractivity contribution in [2.24, 2.45) is 0 Å². The Morgan fingerprint density at radius 1 is 1.11 bits per heavy atom. The molecule has 19 heavy (non-hydrogen) atoms. The lowest BCUT2D eigenvalue weighted by Gasteiger charge is -2.14. The fraction of sp³-hybridized carbons (Fsp3) is 0.375. The van der Waals surface area contributed by atoms with Crippen LogP contribution in [0.4, 0.5) is 35.1 Å². The van der Waals surface area contributed by atoms with E-state index in [1.807, 2.05) is 0 Å². The van der Waals surface area contributed by atoms with Gasteiger partial charge in [-0.25, -0.2) is 13.8 Å². The summed E-state index contributed by atoms with van der Waals surface area (Å²) in [5.41, 5.74) is -3.71. The van der Waals surface area contributed by atoms with Gasteiger partial charge in [-0.1, -0.05) is 0 Å². The number of aromatic nitrogens is 1. The molecule has 0 fully saturated rings. The number of ether oxygens (including phenoxy) is 1. The molecule has 0 aliphatic rings. The van der Waals surface area contributed by atoms with Crippen molar-refractivity contribution < 1.29 is 45.0 Å². The van der Waals surface area contributed by atoms with Gasteiger partial charge in [0, 0.05) is 0 Å². The maximum Gasteiger partial charge on any atom is 0.574 e. The number of halogens is 8. The summed E-state index contributed by atoms with van der Waals surface area (Å²) in [6.07, 6.45) is -14.4. The Balaban J connectivity index is 3.41. The van der Waals surface area contributed by atoms with Crippen LogP contribution in [0, 0.1) is 0 Å². The van der Waals surface area contributed by atoms with Gasteiger partial charge in [-0.3, -0.25) is 0 Å². The zero-order valence-electron chi connectivity index (χ0n) is 8.48. The normalized spacial score (nSPS) is 12.9. The number of rotatable bonds is 2. The number of alkyl halides is 8. The predicted octanol–water partition coefficient (Wildman–Crippen LogP) is 3.64. The van der Waals surface area contributed by atoms with Crippen LogP contribution in [0.1, 0.15) is 17.7 Å². The van der Waals surface area contributed by atoms with E-state index in [0.29, 0.717) is 0 Å². The highest BCUT2D eigenvalue weighted by molar-refractivity contribution is 5.43. The molecule has 108 valence electrons. The van der Waals surface area contributed by atoms with E-state index in [2.05, 4.69) is 9.72 Å². The van der Waals surface area contributed by atoms with Crippen LogP contribution in [0.15, 0.2) is 6.07 Å². The van der Waals surface area contributed by atoms with E-state index in [-0.39, 0.29) is 6.07 Å². The number of pyridine rings is 1. The average molecular weight is 297 g/mol. The molecule has 0 spiro atoms. The molecule has 1 rings (SSSR count). The van der Waals surface area contributed by atoms with Crippen LogP contribution in [0.2, 0.25) is 0 Å². The van der Waals surface area contributed by atoms with E-state index in [4.69, 9.17) is 5.11 Å². The van der Waals surface area contributed by atoms with Gasteiger partial charge in [0.25, 0.3) is 12.3 Å². The summed E-state index contributed by atoms with van der Waals surface area (Å²) in [6.45, 7) is 0. The molecule has 0 bridgehead atoms. The fourth-order valence-corrected chi connectivity index (χ4v) is 1.03. The molecular weight excluding hydrogens is 294 g/mol. The Morgan fingerprint density at radius 2 is 1.63 bits per heavy atom. The minimum absolute atomic E-state index is 0.261. The van der Waals surface area contributed by atoms with E-state index in [1.165, 1.54) is 0 Å². The van der Waals surface area contributed by atoms with Crippen molar-refractivity contribution >= 4 is 0 Å². The minimum atomic E-state index is -5.49. The Hall–Kier alpha value is -1.81. The van der Waals surface area contributed by atoms with Crippen LogP contribution in [0.3, 0.4) is 0 Å². The maximum absolute atomic E-state index is 12.3. The van der Waals surface area contributed by atoms with Gasteiger partial charge in [0.2, 0.25) is 0 Å². The summed E-state index contributed by atoms with van der Waals surface area (Å²) in [4.78, 5) is 2.32. The van der Waals surface area contributed by atoms with Gasteiger partial charge in [-0.05, 0) is 6.07 Å². The second-order valence-corrected chi connectivity index (χ2v) is 3.10. The molecule has 1 aromatic rings. The zero-order chi connectivity index (χ0) is 15.0. The van der Waals surface area contributed by atoms with Crippen molar-refractivity contribution in [3.63, 3.8) is 0 Å². The molecule has 1 N–H and O–H groups in total. The first-order valence-corrected chi connectivity index (χ1v) is 4.27. The number of hydrogen-bond donors (Lipinski definition) is 1. The van der Waals surface area contributed by atoms with Crippen LogP contribution in [-0.4, -0.2) is 16.5 Å². The van der Waals surface area contributed by atoms with E-state index in [0.717, 1.165) is 0 Å². The maximum atomic E-state index is 12.3. The third-order valence-electron chi connectivity index (χ3n) is 1.73. The second kappa shape index (κ2) is 4.70. The minimum Gasteiger partial charge on any atom is -0.503 e. The fourth-order valence-electron chi connectivity index (χ4n) is 1.03. The van der Waals surface area contributed by atoms with Crippen LogP contribution < -0.4 is 4.74 Å². The van der Waals surface area contributed by atoms with E-state index in [9.17, 15) is 35.1 Å². The molecule has 0 aliphatic carbocycles. The summed E-state index contributed by atoms with van der Waals surface area (Å²) >= 11 is 0. The van der Waals surface area contributed by atoms with Crippen molar-refractivity contribution in [2.75, 3.05) is 0 Å². The molecule has 0 aromatic carbocycles. The van der Waals surface area contributed by atoms with Crippen molar-refractivity contribution in [1.82, 2.24) is 4.98 Å². The summed E-state index contributed by atoms with van der Waals surface area (Å²) in [5, 5.41) is 8.98. The Bertz CT molecular complexity index is 467. The average Bonchev–Trinajstić information content (AvgIpc) is 2.16. The monoisotopic (exact) mass is 297 g/mol. The molecule has 0 aliphatic heterocycles. The van der Waals surface area contributed by atoms with Crippen LogP contribution in [-0.2, 0) is 6.18 Å². The second-order valence-electron chi connectivity index (χ2n) is 3.10. The Labute approximate surface area is 99.0 Å². The largest absolute Gasteiger partial charge is 0.574 e. The number of aromatic hydroxyl groups is 1. The molecule has 11 heteroatoms. The standard InChI is InChI=1S/C8H3F8NO2/c9-5(10)2-1-3(7(11,12)13)17-6(4(2)18)19-8(14,15)16/h1,5,18H. The molecule has 0 saturated carbocycles. The summed E-state index contributed by atoms with van der Waals surface area (Å²) in [5.74, 6) is -3.79. The molecular formula is C8H3F8NO2. The van der Waals surface area contributed by atoms with Gasteiger partial charge in [0.15, 0.2) is 5.75 Å². The molecule has 1 aromatic heterocycles. The highest BCUT2D eigenvalue weighted by atomic mass is 19.4. The SMILES string of the molecule is Oc1c(C(F)F)cc(C(F)(F)F)nc1OC(F)(F)F. The number of nitrogens with zero attached hydrogens (tertiary/aromatic N) is 1. The van der Waals surface area contributed by atoms with Crippen LogP contribution in [0.5, 0.6) is 11.6 Å². The van der Waals surface area contributed by atoms with Crippen LogP contribution >= 0.6 is 0 Å². The number of hydrogen-bond acceptors (Lipinski definition) is 3. The summed E-state index contributed by atoms with van der Waals surface area (Å²) < 4.78 is 99.9. The molecule has 0 radical (unpaired) electrons. The predicted molar refractivity (Wildman–Crippen MR) is 42.5 cm³/mol. The van der Waals surface area contributed by atoms with E-state index >= 15 is 0 Å². The van der Waals surface area contributed by atoms with Gasteiger partial charge >= 0.3 is 12.5 Å². The molecule has 1 heterocycles. The summed E-state index contributed by atoms with van der Waals surface area (Å²) in [6, 6.07) is -0.261. The molecule has 0 amide bonds. The first-order valence-electron chi connectivity index (χ1n) is 4.27. The quantitative estimate of drug-likeness (QED) is 0.847. The first-order chi connectivity index (χ1) is 8.42. The van der Waals surface area contributed by atoms with Gasteiger partial charge in [-0.15, -0.1) is 13.2 Å². The van der Waals surface area contributed by atoms with E-state index in [1.54, 1.807) is 0 Å². The van der Waals surface area contributed by atoms with Gasteiger partial charge in [0.05, 0.1) is 5.56 Å². The lowest BCUT2D eigenvalue weighted by atomic mass is 10.2. The van der Waals surface area contributed by atoms with Crippen molar-refractivity contribution in [3.8, 4) is 11.6 Å². The van der Waals surface area contributed by atoms with Crippen LogP contribution in [0.25, 0.3) is 0 Å². The van der Waals surface area contributed by atoms with Crippen molar-refractivity contribution in [3.05, 3.63) is 17.3 Å². The van der Waals surface area contributed by atoms with E-state index < -0.39 is 41.9 Å². The van der Waals surface area contributed by atoms with Gasteiger partial charge in [-0.2, -0.15) is 13.2 Å². The van der Waals surface area contributed by atoms with Crippen molar-refractivity contribution in [1.29, 1.82) is 0 Å². The third-order valence-corrected chi connectivity index (χ3v) is 1.73. The lowest BCUT2D eigenvalue weighted by molar-refractivity contribution is -0.277. The lowest BCUT2D eigenvalue weighted by Crippen LogP contribution is -2.20. The molecule has 0 atom stereocenters. The van der Waals surface area contributed by atoms with Crippen molar-refractivity contribution in [2.45, 2.75) is 19.0 Å². The highest BCUT2D eigenvalue weighted by Crippen LogP contribution is 2.41. The first kappa shape index (κ1) is 15.2. The Kier molecular flexibility index (Phi) is 3.77. The zero-order valence-corrected chi connectivity index (χ0v) is 8.48. The molecule has 0 saturated heterocycles. The molecule has 0 unspecified atom stereocenters. The topological polar surface area (TPSA) is 42.4 Å². The van der Waals surface area contributed by atoms with Gasteiger partial charge in [0.1, 0.15) is 5.69 Å². The summed E-state index contributed by atoms with van der Waals surface area (Å²) in [7, 11) is 0. The van der Waals surface area contributed by atoms with Gasteiger partial charge < -0.3 is 9.84 Å². The smallest absolute Gasteiger partial charge is 0.503 e. The highest BCUT2D eigenvalue weighted by Gasteiger charge is 2.39. The molecule has 3 nitrogen and oxygen atoms in total. The Morgan fingerprint density at radius 3 is 2.00 bits per heavy atom. The third kappa shape index (κ3) is 3.83.